The van der Waals surface area contributed by atoms with E-state index >= 15 is 0 Å². The molecule has 18 rings (SSSR count). The Bertz CT molecular complexity index is 6410. The second kappa shape index (κ2) is 17.1. The number of nitriles is 1. The summed E-state index contributed by atoms with van der Waals surface area (Å²) >= 11 is 2.51. The summed E-state index contributed by atoms with van der Waals surface area (Å²) in [4.78, 5) is 4.69. The van der Waals surface area contributed by atoms with Gasteiger partial charge in [-0.1, -0.05) is 181 Å². The number of fused-ring (bicyclic) bond motifs is 20. The molecule has 0 bridgehead atoms. The predicted molar refractivity (Wildman–Crippen MR) is 351 cm³/mol. The highest BCUT2D eigenvalue weighted by Gasteiger charge is 2.36. The Kier molecular flexibility index (Phi) is 7.39. The molecule has 0 atom stereocenters. The monoisotopic (exact) mass is 1100 g/mol. The van der Waals surface area contributed by atoms with E-state index in [0.29, 0.717) is 27.8 Å². The first kappa shape index (κ1) is 35.8. The van der Waals surface area contributed by atoms with Gasteiger partial charge in [0.25, 0.3) is 0 Å². The van der Waals surface area contributed by atoms with E-state index < -0.39 is 66.8 Å². The molecular weight excluding hydrogens is 1050 g/mol. The van der Waals surface area contributed by atoms with Gasteiger partial charge in [-0.3, -0.25) is 0 Å². The molecule has 8 heteroatoms. The van der Waals surface area contributed by atoms with E-state index in [-0.39, 0.29) is 70.3 Å². The Hall–Kier alpha value is -10.7. The van der Waals surface area contributed by atoms with Gasteiger partial charge in [0.15, 0.2) is 0 Å². The summed E-state index contributed by atoms with van der Waals surface area (Å²) < 4.78 is 123. The standard InChI is InChI=1S/C75H42N6S2/c1-43-32-38-63-56(40-43)52-34-36-54-50-24-10-16-30-65(50)82-74(54)70(52)80(63)68-58(42-76)69(78-59-26-12-6-20-46(59)47-21-7-13-27-60(47)78)73(72(67(68)77-2)79-61-28-14-8-22-48(61)49-23-9-15-29-62(49)79)81-64-39-33-45(44-18-4-3-5-19-44)41-57(64)53-35-37-55-51-25-11-17-31-66(51)83-75(55)71(53)81/h3-41H,1H3/i1D3,10D,16D,24D,30D,32D,34D,36D,38D,40D. The molecule has 18 aromatic rings. The van der Waals surface area contributed by atoms with Crippen LogP contribution in [0.2, 0.25) is 0 Å². The molecule has 384 valence electrons. The van der Waals surface area contributed by atoms with Gasteiger partial charge in [-0.15, -0.1) is 22.7 Å². The van der Waals surface area contributed by atoms with Crippen molar-refractivity contribution in [2.24, 2.45) is 0 Å². The van der Waals surface area contributed by atoms with Crippen LogP contribution in [0.1, 0.15) is 27.6 Å². The molecule has 0 aliphatic heterocycles. The largest absolute Gasteiger partial charge is 0.317 e. The van der Waals surface area contributed by atoms with Gasteiger partial charge < -0.3 is 18.3 Å². The molecule has 0 N–H and O–H groups in total. The minimum atomic E-state index is -3.16. The molecule has 83 heavy (non-hydrogen) atoms. The van der Waals surface area contributed by atoms with Gasteiger partial charge in [0.2, 0.25) is 5.69 Å². The quantitative estimate of drug-likeness (QED) is 0.158. The summed E-state index contributed by atoms with van der Waals surface area (Å²) in [5.74, 6) is 0. The molecule has 0 aliphatic rings. The Labute approximate surface area is 499 Å². The topological polar surface area (TPSA) is 47.9 Å². The zero-order valence-electron chi connectivity index (χ0n) is 55.3. The molecule has 0 unspecified atom stereocenters. The van der Waals surface area contributed by atoms with Gasteiger partial charge in [-0.25, -0.2) is 4.85 Å². The Morgan fingerprint density at radius 1 is 0.422 bits per heavy atom. The van der Waals surface area contributed by atoms with Crippen LogP contribution in [0.15, 0.2) is 236 Å². The average molecular weight is 1100 g/mol. The highest BCUT2D eigenvalue weighted by atomic mass is 32.1. The third-order valence-electron chi connectivity index (χ3n) is 16.6. The fourth-order valence-corrected chi connectivity index (χ4v) is 15.6. The van der Waals surface area contributed by atoms with Crippen molar-refractivity contribution in [1.29, 1.82) is 5.26 Å². The van der Waals surface area contributed by atoms with Crippen LogP contribution < -0.4 is 0 Å². The first-order valence-electron chi connectivity index (χ1n) is 32.9. The van der Waals surface area contributed by atoms with Crippen molar-refractivity contribution in [1.82, 2.24) is 18.3 Å². The zero-order valence-corrected chi connectivity index (χ0v) is 45.0. The van der Waals surface area contributed by atoms with Crippen LogP contribution in [-0.4, -0.2) is 18.3 Å². The fraction of sp³-hybridized carbons (Fsp3) is 0.0133. The lowest BCUT2D eigenvalue weighted by Crippen LogP contribution is -2.14. The number of rotatable bonds is 5. The summed E-state index contributed by atoms with van der Waals surface area (Å²) in [6.07, 6.45) is 0. The van der Waals surface area contributed by atoms with Gasteiger partial charge in [-0.2, -0.15) is 5.26 Å². The molecule has 0 saturated heterocycles. The van der Waals surface area contributed by atoms with E-state index in [1.165, 1.54) is 4.57 Å². The fourth-order valence-electron chi connectivity index (χ4n) is 13.3. The predicted octanol–water partition coefficient (Wildman–Crippen LogP) is 21.2. The number of hydrogen-bond acceptors (Lipinski definition) is 3. The molecule has 0 saturated carbocycles. The maximum absolute atomic E-state index is 13.1. The van der Waals surface area contributed by atoms with Crippen LogP contribution in [0.25, 0.3) is 166 Å². The van der Waals surface area contributed by atoms with Crippen LogP contribution in [0, 0.1) is 24.8 Å². The van der Waals surface area contributed by atoms with Gasteiger partial charge in [0.05, 0.1) is 101 Å². The summed E-state index contributed by atoms with van der Waals surface area (Å²) in [7, 11) is 0. The highest BCUT2D eigenvalue weighted by Crippen LogP contribution is 2.54. The maximum atomic E-state index is 13.1. The molecule has 0 aliphatic carbocycles. The van der Waals surface area contributed by atoms with Crippen molar-refractivity contribution in [3.8, 4) is 39.9 Å². The van der Waals surface area contributed by atoms with Gasteiger partial charge in [0, 0.05) is 78.1 Å². The lowest BCUT2D eigenvalue weighted by molar-refractivity contribution is 1.04. The molecule has 0 spiro atoms. The van der Waals surface area contributed by atoms with Crippen LogP contribution >= 0.6 is 22.7 Å². The number of nitrogens with zero attached hydrogens (tertiary/aromatic N) is 6. The molecule has 6 aromatic heterocycles. The summed E-state index contributed by atoms with van der Waals surface area (Å²) in [5, 5.41) is 19.5. The van der Waals surface area contributed by atoms with Crippen LogP contribution in [0.3, 0.4) is 0 Å². The van der Waals surface area contributed by atoms with Crippen LogP contribution in [-0.2, 0) is 0 Å². The molecular formula is C75H42N6S2. The smallest absolute Gasteiger partial charge is 0.237 e. The van der Waals surface area contributed by atoms with Gasteiger partial charge >= 0.3 is 0 Å². The lowest BCUT2D eigenvalue weighted by atomic mass is 10.0. The Balaban J connectivity index is 1.19. The van der Waals surface area contributed by atoms with E-state index in [9.17, 15) is 21.4 Å². The number of para-hydroxylation sites is 4. The minimum absolute atomic E-state index is 0.0253. The highest BCUT2D eigenvalue weighted by molar-refractivity contribution is 7.27. The third kappa shape index (κ3) is 6.18. The molecule has 12 aromatic carbocycles. The molecule has 6 heterocycles. The van der Waals surface area contributed by atoms with Crippen molar-refractivity contribution < 1.29 is 16.4 Å². The Morgan fingerprint density at radius 3 is 1.67 bits per heavy atom. The van der Waals surface area contributed by atoms with Crippen LogP contribution in [0.4, 0.5) is 5.69 Å². The minimum Gasteiger partial charge on any atom is -0.317 e. The van der Waals surface area contributed by atoms with Crippen molar-refractivity contribution in [2.45, 2.75) is 6.85 Å². The number of hydrogen-bond donors (Lipinski definition) is 0. The number of thiophene rings is 2. The van der Waals surface area contributed by atoms with Gasteiger partial charge in [0.1, 0.15) is 6.07 Å². The molecule has 0 fully saturated rings. The normalized spacial score (nSPS) is 14.3. The summed E-state index contributed by atoms with van der Waals surface area (Å²) in [6.45, 7) is 6.97. The molecule has 6 nitrogen and oxygen atoms in total. The number of benzene rings is 12. The van der Waals surface area contributed by atoms with E-state index in [1.54, 1.807) is 11.3 Å². The van der Waals surface area contributed by atoms with Crippen molar-refractivity contribution >= 4 is 156 Å². The second-order valence-corrected chi connectivity index (χ2v) is 22.8. The SMILES string of the molecule is [2H]c1c([2H])c([2H])c2c(sc3c2c([2H])c([2H])c2c4c([2H])c(C([2H])([2H])[2H])c([2H])c([2H])c4n(-c4c(C#N)c(-n5c6ccccc6c6ccccc65)c(-n5c6ccc(-c7ccccc7)cc6c6ccc7c8ccccc8sc7c65)c(-n5c6ccccc6c6ccccc65)c4[N+]#[C-])c32)c1[2H]. The van der Waals surface area contributed by atoms with E-state index in [4.69, 9.17) is 11.7 Å². The van der Waals surface area contributed by atoms with Crippen molar-refractivity contribution in [2.75, 3.05) is 0 Å². The van der Waals surface area contributed by atoms with E-state index in [2.05, 4.69) is 65.2 Å². The van der Waals surface area contributed by atoms with Crippen molar-refractivity contribution in [3.05, 3.63) is 259 Å². The summed E-state index contributed by atoms with van der Waals surface area (Å²) in [5.41, 5.74) is 5.27. The van der Waals surface area contributed by atoms with E-state index in [1.807, 2.05) is 137 Å². The first-order chi connectivity index (χ1) is 46.0. The number of aromatic nitrogens is 4. The summed E-state index contributed by atoms with van der Waals surface area (Å²) in [6, 6.07) is 57.7. The second-order valence-electron chi connectivity index (χ2n) is 20.7. The third-order valence-corrected chi connectivity index (χ3v) is 18.9. The molecule has 0 amide bonds. The molecule has 0 radical (unpaired) electrons. The van der Waals surface area contributed by atoms with Crippen molar-refractivity contribution in [3.63, 3.8) is 0 Å². The first-order valence-corrected chi connectivity index (χ1v) is 28.5. The lowest BCUT2D eigenvalue weighted by Gasteiger charge is -2.27. The van der Waals surface area contributed by atoms with Gasteiger partial charge in [-0.05, 0) is 78.6 Å². The Morgan fingerprint density at radius 2 is 0.988 bits per heavy atom. The average Bonchev–Trinajstić information content (AvgIpc) is 1.54. The van der Waals surface area contributed by atoms with E-state index in [0.717, 1.165) is 86.0 Å². The zero-order chi connectivity index (χ0) is 65.1. The maximum Gasteiger partial charge on any atom is 0.237 e. The van der Waals surface area contributed by atoms with Crippen LogP contribution in [0.5, 0.6) is 0 Å².